The first kappa shape index (κ1) is 77.7. The van der Waals surface area contributed by atoms with Crippen LogP contribution in [-0.2, 0) is 27.9 Å². The Balaban J connectivity index is 5.14. The smallest absolute Gasteiger partial charge is 0.306 e. The lowest BCUT2D eigenvalue weighted by Gasteiger charge is -2.30. The summed E-state index contributed by atoms with van der Waals surface area (Å²) in [7, 11) is 1.14. The number of hydrogen-bond acceptors (Lipinski definition) is 7. The Morgan fingerprint density at radius 3 is 1.17 bits per heavy atom. The van der Waals surface area contributed by atoms with Crippen LogP contribution in [0.15, 0.2) is 109 Å². The van der Waals surface area contributed by atoms with Gasteiger partial charge in [-0.1, -0.05) is 259 Å². The Hall–Kier alpha value is -3.33. The number of rotatable bonds is 59. The average Bonchev–Trinajstić information content (AvgIpc) is 3.44. The molecule has 0 saturated carbocycles. The van der Waals surface area contributed by atoms with E-state index in [-0.39, 0.29) is 31.3 Å². The number of nitrogens with one attached hydrogen (secondary N) is 1. The summed E-state index contributed by atoms with van der Waals surface area (Å²) in [6, 6.07) is -0.924. The van der Waals surface area contributed by atoms with E-state index in [1.165, 1.54) is 148 Å². The molecule has 3 unspecified atom stereocenters. The van der Waals surface area contributed by atoms with Crippen molar-refractivity contribution in [3.05, 3.63) is 109 Å². The van der Waals surface area contributed by atoms with E-state index in [9.17, 15) is 19.0 Å². The zero-order chi connectivity index (χ0) is 59.3. The van der Waals surface area contributed by atoms with E-state index in [1.807, 2.05) is 33.3 Å². The van der Waals surface area contributed by atoms with Gasteiger partial charge in [0.05, 0.1) is 33.8 Å². The first-order valence-corrected chi connectivity index (χ1v) is 34.7. The molecule has 0 saturated heterocycles. The van der Waals surface area contributed by atoms with Crippen molar-refractivity contribution < 1.29 is 37.3 Å². The summed E-state index contributed by atoms with van der Waals surface area (Å²) in [5, 5.41) is 2.99. The molecule has 466 valence electrons. The zero-order valence-corrected chi connectivity index (χ0v) is 54.1. The van der Waals surface area contributed by atoms with E-state index < -0.39 is 26.6 Å². The topological polar surface area (TPSA) is 114 Å². The van der Waals surface area contributed by atoms with Crippen molar-refractivity contribution in [1.82, 2.24) is 5.32 Å². The number of hydrogen-bond donors (Lipinski definition) is 1. The lowest BCUT2D eigenvalue weighted by Crippen LogP contribution is -2.47. The van der Waals surface area contributed by atoms with Crippen molar-refractivity contribution in [1.29, 1.82) is 0 Å². The first-order valence-electron chi connectivity index (χ1n) is 33.2. The number of quaternary nitrogens is 1. The van der Waals surface area contributed by atoms with Crippen molar-refractivity contribution in [3.63, 3.8) is 0 Å². The Bertz CT molecular complexity index is 1750. The van der Waals surface area contributed by atoms with Gasteiger partial charge in [0.2, 0.25) is 5.91 Å². The number of esters is 1. The lowest BCUT2D eigenvalue weighted by atomic mass is 10.0. The quantitative estimate of drug-likeness (QED) is 0.0212. The van der Waals surface area contributed by atoms with Crippen LogP contribution in [-0.4, -0.2) is 69.4 Å². The van der Waals surface area contributed by atoms with E-state index >= 15 is 0 Å². The average molecular weight is 1150 g/mol. The van der Waals surface area contributed by atoms with E-state index in [2.05, 4.69) is 123 Å². The van der Waals surface area contributed by atoms with E-state index in [4.69, 9.17) is 13.8 Å². The van der Waals surface area contributed by atoms with Crippen LogP contribution in [0.3, 0.4) is 0 Å². The second-order valence-electron chi connectivity index (χ2n) is 23.3. The molecule has 0 spiro atoms. The minimum Gasteiger partial charge on any atom is -0.756 e. The van der Waals surface area contributed by atoms with Gasteiger partial charge in [0, 0.05) is 12.8 Å². The van der Waals surface area contributed by atoms with Crippen molar-refractivity contribution in [2.75, 3.05) is 40.9 Å². The van der Waals surface area contributed by atoms with Gasteiger partial charge in [0.25, 0.3) is 7.82 Å². The highest BCUT2D eigenvalue weighted by molar-refractivity contribution is 7.45. The third-order valence-corrected chi connectivity index (χ3v) is 15.1. The van der Waals surface area contributed by atoms with Gasteiger partial charge in [-0.3, -0.25) is 14.2 Å². The molecular formula is C71H125N2O7P. The van der Waals surface area contributed by atoms with Gasteiger partial charge in [0.1, 0.15) is 19.3 Å². The molecule has 0 aromatic carbocycles. The summed E-state index contributed by atoms with van der Waals surface area (Å²) in [5.74, 6) is -0.613. The molecule has 0 aliphatic carbocycles. The van der Waals surface area contributed by atoms with Gasteiger partial charge in [-0.2, -0.15) is 0 Å². The number of phosphoric ester groups is 1. The lowest BCUT2D eigenvalue weighted by molar-refractivity contribution is -0.870. The summed E-state index contributed by atoms with van der Waals surface area (Å²) < 4.78 is 30.3. The number of carbonyl (C=O) groups is 2. The molecule has 1 N–H and O–H groups in total. The minimum atomic E-state index is -4.72. The maximum absolute atomic E-state index is 13.5. The Morgan fingerprint density at radius 2 is 0.765 bits per heavy atom. The summed E-state index contributed by atoms with van der Waals surface area (Å²) in [4.78, 5) is 40.0. The molecule has 0 aromatic heterocycles. The maximum Gasteiger partial charge on any atom is 0.306 e. The molecule has 3 atom stereocenters. The van der Waals surface area contributed by atoms with Crippen LogP contribution in [0.25, 0.3) is 0 Å². The molecule has 0 aliphatic heterocycles. The highest BCUT2D eigenvalue weighted by Gasteiger charge is 2.27. The van der Waals surface area contributed by atoms with Crippen LogP contribution in [0.1, 0.15) is 278 Å². The van der Waals surface area contributed by atoms with Crippen molar-refractivity contribution >= 4 is 19.7 Å². The largest absolute Gasteiger partial charge is 0.756 e. The third-order valence-electron chi connectivity index (χ3n) is 14.2. The molecule has 0 bridgehead atoms. The van der Waals surface area contributed by atoms with Gasteiger partial charge in [0.15, 0.2) is 0 Å². The fourth-order valence-corrected chi connectivity index (χ4v) is 9.75. The summed E-state index contributed by atoms with van der Waals surface area (Å²) in [5.41, 5.74) is 0. The molecule has 0 heterocycles. The molecule has 0 fully saturated rings. The van der Waals surface area contributed by atoms with Gasteiger partial charge >= 0.3 is 5.97 Å². The molecule has 0 rings (SSSR count). The normalized spacial score (nSPS) is 14.3. The van der Waals surface area contributed by atoms with Crippen LogP contribution in [0.2, 0.25) is 0 Å². The standard InChI is InChI=1S/C71H125N2O7P/c1-7-10-13-16-19-22-25-27-29-31-32-33-34-35-36-37-38-39-40-42-44-46-49-52-55-58-61-64-71(75)80-69(62-59-56-53-50-47-24-21-18-15-12-9-3)68(67-79-81(76,77)78-66-65-73(4,5)6)72-70(74)63-60-57-54-51-48-45-43-41-30-28-26-23-20-17-14-11-8-2/h19-20,22-23,27-30,32-33,35-36,43,45,51,54,59,62,68-69H,7-18,21,24-26,31,34,37-42,44,46-50,52-53,55-58,60-61,63-67H2,1-6H3,(H-,72,74,76,77)/b22-19-,23-20-,29-27-,30-28-,33-32-,36-35-,45-43-,54-51-,62-59-. The van der Waals surface area contributed by atoms with Crippen molar-refractivity contribution in [2.45, 2.75) is 290 Å². The van der Waals surface area contributed by atoms with Crippen LogP contribution in [0.5, 0.6) is 0 Å². The van der Waals surface area contributed by atoms with Crippen LogP contribution >= 0.6 is 7.82 Å². The highest BCUT2D eigenvalue weighted by Crippen LogP contribution is 2.38. The van der Waals surface area contributed by atoms with E-state index in [1.54, 1.807) is 0 Å². The molecule has 0 aliphatic rings. The van der Waals surface area contributed by atoms with Gasteiger partial charge < -0.3 is 28.5 Å². The Kier molecular flexibility index (Phi) is 57.4. The minimum absolute atomic E-state index is 0.0376. The summed E-state index contributed by atoms with van der Waals surface area (Å²) in [6.45, 7) is 6.73. The Labute approximate surface area is 500 Å². The molecular weight excluding hydrogens is 1020 g/mol. The van der Waals surface area contributed by atoms with Crippen LogP contribution in [0.4, 0.5) is 0 Å². The number of phosphoric acid groups is 1. The zero-order valence-electron chi connectivity index (χ0n) is 53.2. The fourth-order valence-electron chi connectivity index (χ4n) is 9.03. The monoisotopic (exact) mass is 1150 g/mol. The fraction of sp³-hybridized carbons (Fsp3) is 0.718. The number of nitrogens with zero attached hydrogens (tertiary/aromatic N) is 1. The van der Waals surface area contributed by atoms with Crippen molar-refractivity contribution in [2.24, 2.45) is 0 Å². The van der Waals surface area contributed by atoms with Gasteiger partial charge in [-0.05, 0) is 115 Å². The molecule has 0 radical (unpaired) electrons. The summed E-state index contributed by atoms with van der Waals surface area (Å²) in [6.07, 6.45) is 82.2. The SMILES string of the molecule is CCCCC/C=C\C/C=C\C/C=C\C/C=C\CCCCCCCCCCCCCC(=O)OC(/C=C\CCCCCCCCCCC)C(COP(=O)([O-])OCC[N+](C)(C)C)NC(=O)CCC/C=C\C/C=C\C/C=C\C/C=C\CCCCC. The first-order chi connectivity index (χ1) is 39.4. The second kappa shape index (κ2) is 59.8. The Morgan fingerprint density at radius 1 is 0.432 bits per heavy atom. The number of allylic oxidation sites excluding steroid dienone is 17. The highest BCUT2D eigenvalue weighted by atomic mass is 31.2. The maximum atomic E-state index is 13.5. The van der Waals surface area contributed by atoms with Crippen LogP contribution in [0, 0.1) is 0 Å². The summed E-state index contributed by atoms with van der Waals surface area (Å²) >= 11 is 0. The number of likely N-dealkylation sites (N-methyl/N-ethyl adjacent to an activating group) is 1. The van der Waals surface area contributed by atoms with Gasteiger partial charge in [-0.15, -0.1) is 0 Å². The number of amides is 1. The second-order valence-corrected chi connectivity index (χ2v) is 24.7. The predicted molar refractivity (Wildman–Crippen MR) is 348 cm³/mol. The molecule has 81 heavy (non-hydrogen) atoms. The third kappa shape index (κ3) is 61.1. The van der Waals surface area contributed by atoms with Gasteiger partial charge in [-0.25, -0.2) is 0 Å². The number of ether oxygens (including phenoxy) is 1. The van der Waals surface area contributed by atoms with Crippen LogP contribution < -0.4 is 10.2 Å². The van der Waals surface area contributed by atoms with E-state index in [0.29, 0.717) is 23.9 Å². The number of unbranched alkanes of at least 4 members (excludes halogenated alkanes) is 27. The predicted octanol–water partition coefficient (Wildman–Crippen LogP) is 20.3. The molecule has 1 amide bonds. The van der Waals surface area contributed by atoms with Crippen molar-refractivity contribution in [3.8, 4) is 0 Å². The molecule has 9 nitrogen and oxygen atoms in total. The number of carbonyl (C=O) groups excluding carboxylic acids is 2. The van der Waals surface area contributed by atoms with E-state index in [0.717, 1.165) is 83.5 Å². The molecule has 10 heteroatoms. The molecule has 0 aromatic rings.